The molecule has 3 heteroatoms. The number of phenols is 1. The molecule has 1 aliphatic carbocycles. The van der Waals surface area contributed by atoms with Crippen LogP contribution < -0.4 is 0 Å². The van der Waals surface area contributed by atoms with E-state index in [4.69, 9.17) is 0 Å². The predicted octanol–water partition coefficient (Wildman–Crippen LogP) is 3.33. The van der Waals surface area contributed by atoms with Crippen molar-refractivity contribution in [1.29, 1.82) is 0 Å². The summed E-state index contributed by atoms with van der Waals surface area (Å²) in [7, 11) is 4.08. The quantitative estimate of drug-likeness (QED) is 0.657. The molecule has 0 aromatic heterocycles. The fourth-order valence-electron chi connectivity index (χ4n) is 2.54. The van der Waals surface area contributed by atoms with Crippen LogP contribution in [0.2, 0.25) is 0 Å². The average molecular weight is 345 g/mol. The van der Waals surface area contributed by atoms with E-state index in [9.17, 15) is 5.11 Å². The topological polar surface area (TPSA) is 23.5 Å². The minimum absolute atomic E-state index is 0.500. The van der Waals surface area contributed by atoms with Crippen LogP contribution in [0.5, 0.6) is 5.75 Å². The first kappa shape index (κ1) is 13.1. The summed E-state index contributed by atoms with van der Waals surface area (Å²) in [5.41, 5.74) is 3.92. The van der Waals surface area contributed by atoms with Gasteiger partial charge in [-0.25, -0.2) is 0 Å². The molecule has 0 fully saturated rings. The highest BCUT2D eigenvalue weighted by molar-refractivity contribution is 14.1. The number of hydrogen-bond acceptors (Lipinski definition) is 2. The minimum Gasteiger partial charge on any atom is -0.506 e. The van der Waals surface area contributed by atoms with Crippen LogP contribution in [-0.4, -0.2) is 24.1 Å². The van der Waals surface area contributed by atoms with E-state index in [1.54, 1.807) is 0 Å². The van der Waals surface area contributed by atoms with Crippen LogP contribution in [0.25, 0.3) is 0 Å². The Bertz CT molecular complexity index is 415. The molecule has 1 aromatic rings. The molecular weight excluding hydrogens is 325 g/mol. The standard InChI is InChI=1S/C14H20INO/c1-16(2)9-11-8-10-6-4-3-5-7-12(10)13(15)14(11)17/h8,17H,3-7,9H2,1-2H3. The molecule has 94 valence electrons. The summed E-state index contributed by atoms with van der Waals surface area (Å²) in [4.78, 5) is 2.11. The maximum absolute atomic E-state index is 10.3. The molecule has 0 saturated heterocycles. The van der Waals surface area contributed by atoms with Crippen molar-refractivity contribution >= 4 is 22.6 Å². The molecule has 1 aliphatic rings. The molecule has 0 aliphatic heterocycles. The molecule has 1 N–H and O–H groups in total. The van der Waals surface area contributed by atoms with Gasteiger partial charge in [0.05, 0.1) is 3.57 Å². The molecule has 0 spiro atoms. The molecule has 0 atom stereocenters. The van der Waals surface area contributed by atoms with Gasteiger partial charge in [-0.3, -0.25) is 0 Å². The second-order valence-electron chi connectivity index (χ2n) is 5.13. The number of fused-ring (bicyclic) bond motifs is 1. The summed E-state index contributed by atoms with van der Waals surface area (Å²) < 4.78 is 1.08. The summed E-state index contributed by atoms with van der Waals surface area (Å²) >= 11 is 2.31. The Morgan fingerprint density at radius 2 is 1.94 bits per heavy atom. The first-order valence-electron chi connectivity index (χ1n) is 6.26. The zero-order valence-corrected chi connectivity index (χ0v) is 12.7. The minimum atomic E-state index is 0.500. The fraction of sp³-hybridized carbons (Fsp3) is 0.571. The summed E-state index contributed by atoms with van der Waals surface area (Å²) in [5.74, 6) is 0.500. The highest BCUT2D eigenvalue weighted by atomic mass is 127. The van der Waals surface area contributed by atoms with Gasteiger partial charge in [-0.1, -0.05) is 12.5 Å². The van der Waals surface area contributed by atoms with Gasteiger partial charge in [-0.05, 0) is 73.5 Å². The van der Waals surface area contributed by atoms with Crippen molar-refractivity contribution in [3.63, 3.8) is 0 Å². The molecule has 2 nitrogen and oxygen atoms in total. The van der Waals surface area contributed by atoms with E-state index in [0.717, 1.165) is 22.1 Å². The summed E-state index contributed by atoms with van der Waals surface area (Å²) in [5, 5.41) is 10.3. The van der Waals surface area contributed by atoms with Gasteiger partial charge in [0, 0.05) is 12.1 Å². The third-order valence-electron chi connectivity index (χ3n) is 3.37. The molecule has 0 saturated carbocycles. The van der Waals surface area contributed by atoms with Gasteiger partial charge in [-0.15, -0.1) is 0 Å². The van der Waals surface area contributed by atoms with Gasteiger partial charge in [0.2, 0.25) is 0 Å². The number of hydrogen-bond donors (Lipinski definition) is 1. The second-order valence-corrected chi connectivity index (χ2v) is 6.21. The third-order valence-corrected chi connectivity index (χ3v) is 4.53. The Kier molecular flexibility index (Phi) is 4.31. The number of aryl methyl sites for hydroxylation is 1. The van der Waals surface area contributed by atoms with Crippen molar-refractivity contribution < 1.29 is 5.11 Å². The van der Waals surface area contributed by atoms with Crippen molar-refractivity contribution in [2.45, 2.75) is 38.6 Å². The lowest BCUT2D eigenvalue weighted by Crippen LogP contribution is -2.12. The van der Waals surface area contributed by atoms with E-state index >= 15 is 0 Å². The highest BCUT2D eigenvalue weighted by Gasteiger charge is 2.17. The number of rotatable bonds is 2. The van der Waals surface area contributed by atoms with Gasteiger partial charge in [0.15, 0.2) is 0 Å². The maximum atomic E-state index is 10.3. The smallest absolute Gasteiger partial charge is 0.133 e. The Labute approximate surface area is 117 Å². The maximum Gasteiger partial charge on any atom is 0.133 e. The lowest BCUT2D eigenvalue weighted by molar-refractivity contribution is 0.384. The predicted molar refractivity (Wildman–Crippen MR) is 79.5 cm³/mol. The lowest BCUT2D eigenvalue weighted by atomic mass is 9.99. The Hall–Kier alpha value is -0.290. The van der Waals surface area contributed by atoms with Crippen molar-refractivity contribution in [3.8, 4) is 5.75 Å². The zero-order valence-electron chi connectivity index (χ0n) is 10.6. The van der Waals surface area contributed by atoms with Crippen LogP contribution in [0.4, 0.5) is 0 Å². The Balaban J connectivity index is 2.43. The van der Waals surface area contributed by atoms with E-state index in [2.05, 4.69) is 33.6 Å². The monoisotopic (exact) mass is 345 g/mol. The van der Waals surface area contributed by atoms with Crippen molar-refractivity contribution in [2.24, 2.45) is 0 Å². The first-order chi connectivity index (χ1) is 8.09. The van der Waals surface area contributed by atoms with Crippen LogP contribution in [0.1, 0.15) is 36.0 Å². The van der Waals surface area contributed by atoms with E-state index < -0.39 is 0 Å². The van der Waals surface area contributed by atoms with E-state index in [0.29, 0.717) is 5.75 Å². The van der Waals surface area contributed by atoms with Crippen molar-refractivity contribution in [1.82, 2.24) is 4.90 Å². The summed E-state index contributed by atoms with van der Waals surface area (Å²) in [6.07, 6.45) is 6.16. The van der Waals surface area contributed by atoms with Gasteiger partial charge >= 0.3 is 0 Å². The van der Waals surface area contributed by atoms with E-state index in [1.165, 1.54) is 36.8 Å². The van der Waals surface area contributed by atoms with Crippen LogP contribution in [0.3, 0.4) is 0 Å². The average Bonchev–Trinajstić information content (AvgIpc) is 2.50. The molecule has 1 aromatic carbocycles. The van der Waals surface area contributed by atoms with Gasteiger partial charge in [0.25, 0.3) is 0 Å². The molecular formula is C14H20INO. The second kappa shape index (κ2) is 5.57. The molecule has 0 heterocycles. The van der Waals surface area contributed by atoms with Gasteiger partial charge < -0.3 is 10.0 Å². The third kappa shape index (κ3) is 2.94. The van der Waals surface area contributed by atoms with Crippen LogP contribution >= 0.6 is 22.6 Å². The van der Waals surface area contributed by atoms with Crippen LogP contribution in [-0.2, 0) is 19.4 Å². The Morgan fingerprint density at radius 3 is 2.65 bits per heavy atom. The molecule has 0 bridgehead atoms. The van der Waals surface area contributed by atoms with E-state index in [-0.39, 0.29) is 0 Å². The van der Waals surface area contributed by atoms with E-state index in [1.807, 2.05) is 14.1 Å². The first-order valence-corrected chi connectivity index (χ1v) is 7.34. The lowest BCUT2D eigenvalue weighted by Gasteiger charge is -2.17. The molecule has 0 radical (unpaired) electrons. The highest BCUT2D eigenvalue weighted by Crippen LogP contribution is 2.34. The fourth-order valence-corrected chi connectivity index (χ4v) is 3.50. The number of benzene rings is 1. The molecule has 0 amide bonds. The number of nitrogens with zero attached hydrogens (tertiary/aromatic N) is 1. The molecule has 2 rings (SSSR count). The summed E-state index contributed by atoms with van der Waals surface area (Å²) in [6.45, 7) is 0.815. The Morgan fingerprint density at radius 1 is 1.24 bits per heavy atom. The van der Waals surface area contributed by atoms with Gasteiger partial charge in [-0.2, -0.15) is 0 Å². The molecule has 17 heavy (non-hydrogen) atoms. The van der Waals surface area contributed by atoms with Crippen molar-refractivity contribution in [3.05, 3.63) is 26.3 Å². The normalized spacial score (nSPS) is 15.8. The van der Waals surface area contributed by atoms with Crippen LogP contribution in [0, 0.1) is 3.57 Å². The SMILES string of the molecule is CN(C)Cc1cc2c(c(I)c1O)CCCCC2. The number of phenolic OH excluding ortho intramolecular Hbond substituents is 1. The van der Waals surface area contributed by atoms with Gasteiger partial charge in [0.1, 0.15) is 5.75 Å². The largest absolute Gasteiger partial charge is 0.506 e. The summed E-state index contributed by atoms with van der Waals surface area (Å²) in [6, 6.07) is 2.22. The number of halogens is 1. The zero-order chi connectivity index (χ0) is 12.4. The van der Waals surface area contributed by atoms with Crippen LogP contribution in [0.15, 0.2) is 6.07 Å². The molecule has 0 unspecified atom stereocenters. The number of aromatic hydroxyl groups is 1. The van der Waals surface area contributed by atoms with Crippen molar-refractivity contribution in [2.75, 3.05) is 14.1 Å².